The molecule has 0 aliphatic carbocycles. The van der Waals surface area contributed by atoms with Crippen molar-refractivity contribution in [1.82, 2.24) is 5.32 Å². The minimum Gasteiger partial charge on any atom is -0.312 e. The number of nitrogens with one attached hydrogen (secondary N) is 1. The van der Waals surface area contributed by atoms with Gasteiger partial charge in [-0.25, -0.2) is 0 Å². The molecule has 0 saturated carbocycles. The van der Waals surface area contributed by atoms with Gasteiger partial charge >= 0.3 is 0 Å². The Morgan fingerprint density at radius 2 is 2.31 bits per heavy atom. The molecular formula is C9H10N4. The first-order valence-electron chi connectivity index (χ1n) is 4.28. The summed E-state index contributed by atoms with van der Waals surface area (Å²) in [6.07, 6.45) is 1.02. The van der Waals surface area contributed by atoms with Crippen LogP contribution in [-0.4, -0.2) is 6.54 Å². The second-order valence-electron chi connectivity index (χ2n) is 3.07. The highest BCUT2D eigenvalue weighted by atomic mass is 15.1. The predicted octanol–water partition coefficient (Wildman–Crippen LogP) is 2.27. The Labute approximate surface area is 76.2 Å². The van der Waals surface area contributed by atoms with Crippen LogP contribution >= 0.6 is 0 Å². The molecule has 1 aromatic rings. The Balaban J connectivity index is 2.40. The summed E-state index contributed by atoms with van der Waals surface area (Å²) >= 11 is 0. The van der Waals surface area contributed by atoms with E-state index in [1.165, 1.54) is 11.1 Å². The van der Waals surface area contributed by atoms with Gasteiger partial charge in [0.2, 0.25) is 0 Å². The fourth-order valence-electron chi connectivity index (χ4n) is 1.58. The molecule has 4 heteroatoms. The molecule has 0 radical (unpaired) electrons. The van der Waals surface area contributed by atoms with Gasteiger partial charge < -0.3 is 5.32 Å². The number of benzene rings is 1. The highest BCUT2D eigenvalue weighted by Crippen LogP contribution is 2.20. The highest BCUT2D eigenvalue weighted by molar-refractivity contribution is 5.44. The van der Waals surface area contributed by atoms with Crippen LogP contribution in [0.2, 0.25) is 0 Å². The molecule has 2 rings (SSSR count). The van der Waals surface area contributed by atoms with Crippen LogP contribution in [-0.2, 0) is 13.0 Å². The number of nitrogens with zero attached hydrogens (tertiary/aromatic N) is 3. The molecule has 0 saturated heterocycles. The monoisotopic (exact) mass is 174 g/mol. The third kappa shape index (κ3) is 1.64. The number of azide groups is 1. The fourth-order valence-corrected chi connectivity index (χ4v) is 1.58. The lowest BCUT2D eigenvalue weighted by molar-refractivity contribution is 0.644. The van der Waals surface area contributed by atoms with Gasteiger partial charge in [0.15, 0.2) is 0 Å². The van der Waals surface area contributed by atoms with Crippen molar-refractivity contribution in [3.05, 3.63) is 39.8 Å². The van der Waals surface area contributed by atoms with E-state index in [4.69, 9.17) is 5.53 Å². The lowest BCUT2D eigenvalue weighted by Crippen LogP contribution is -2.23. The summed E-state index contributed by atoms with van der Waals surface area (Å²) in [5.74, 6) is 0. The van der Waals surface area contributed by atoms with Crippen LogP contribution in [0, 0.1) is 0 Å². The van der Waals surface area contributed by atoms with E-state index in [1.54, 1.807) is 0 Å². The predicted molar refractivity (Wildman–Crippen MR) is 50.7 cm³/mol. The molecule has 4 nitrogen and oxygen atoms in total. The molecule has 13 heavy (non-hydrogen) atoms. The molecule has 0 spiro atoms. The van der Waals surface area contributed by atoms with Crippen molar-refractivity contribution in [3.63, 3.8) is 0 Å². The number of hydrogen-bond acceptors (Lipinski definition) is 2. The second-order valence-corrected chi connectivity index (χ2v) is 3.07. The van der Waals surface area contributed by atoms with E-state index >= 15 is 0 Å². The zero-order valence-corrected chi connectivity index (χ0v) is 7.20. The molecule has 1 aromatic carbocycles. The van der Waals surface area contributed by atoms with E-state index < -0.39 is 0 Å². The quantitative estimate of drug-likeness (QED) is 0.396. The lowest BCUT2D eigenvalue weighted by atomic mass is 10.0. The average molecular weight is 174 g/mol. The molecule has 0 atom stereocenters. The summed E-state index contributed by atoms with van der Waals surface area (Å²) in [7, 11) is 0. The maximum absolute atomic E-state index is 8.27. The van der Waals surface area contributed by atoms with Crippen LogP contribution in [0.4, 0.5) is 5.69 Å². The van der Waals surface area contributed by atoms with Gasteiger partial charge in [-0.2, -0.15) is 0 Å². The molecule has 66 valence electrons. The third-order valence-electron chi connectivity index (χ3n) is 2.24. The van der Waals surface area contributed by atoms with Crippen LogP contribution in [0.5, 0.6) is 0 Å². The molecule has 0 bridgehead atoms. The molecule has 1 heterocycles. The molecule has 1 aliphatic heterocycles. The normalized spacial score (nSPS) is 14.5. The van der Waals surface area contributed by atoms with Crippen molar-refractivity contribution in [3.8, 4) is 0 Å². The van der Waals surface area contributed by atoms with Crippen molar-refractivity contribution in [2.75, 3.05) is 6.54 Å². The summed E-state index contributed by atoms with van der Waals surface area (Å²) in [6.45, 7) is 1.93. The van der Waals surface area contributed by atoms with Crippen molar-refractivity contribution >= 4 is 5.69 Å². The highest BCUT2D eigenvalue weighted by Gasteiger charge is 2.07. The lowest BCUT2D eigenvalue weighted by Gasteiger charge is -2.16. The number of rotatable bonds is 1. The van der Waals surface area contributed by atoms with Crippen LogP contribution in [0.3, 0.4) is 0 Å². The average Bonchev–Trinajstić information content (AvgIpc) is 2.18. The first-order chi connectivity index (χ1) is 6.40. The van der Waals surface area contributed by atoms with Crippen LogP contribution in [0.15, 0.2) is 23.3 Å². The second kappa shape index (κ2) is 3.47. The van der Waals surface area contributed by atoms with Crippen LogP contribution in [0.1, 0.15) is 11.1 Å². The molecule has 0 fully saturated rings. The molecule has 0 unspecified atom stereocenters. The van der Waals surface area contributed by atoms with Gasteiger partial charge in [0, 0.05) is 17.1 Å². The van der Waals surface area contributed by atoms with E-state index in [0.717, 1.165) is 19.5 Å². The van der Waals surface area contributed by atoms with Crippen molar-refractivity contribution < 1.29 is 0 Å². The van der Waals surface area contributed by atoms with Gasteiger partial charge in [0.05, 0.1) is 0 Å². The van der Waals surface area contributed by atoms with Gasteiger partial charge in [-0.1, -0.05) is 17.2 Å². The zero-order chi connectivity index (χ0) is 9.10. The van der Waals surface area contributed by atoms with Gasteiger partial charge in [0.25, 0.3) is 0 Å². The molecular weight excluding hydrogens is 164 g/mol. The van der Waals surface area contributed by atoms with E-state index in [9.17, 15) is 0 Å². The van der Waals surface area contributed by atoms with E-state index in [2.05, 4.69) is 15.3 Å². The van der Waals surface area contributed by atoms with Gasteiger partial charge in [-0.05, 0) is 35.7 Å². The smallest absolute Gasteiger partial charge is 0.0378 e. The van der Waals surface area contributed by atoms with E-state index in [-0.39, 0.29) is 0 Å². The van der Waals surface area contributed by atoms with Crippen molar-refractivity contribution in [2.24, 2.45) is 5.11 Å². The molecule has 0 amide bonds. The van der Waals surface area contributed by atoms with Gasteiger partial charge in [-0.15, -0.1) is 0 Å². The van der Waals surface area contributed by atoms with Crippen LogP contribution < -0.4 is 5.32 Å². The SMILES string of the molecule is [N-]=[N+]=Nc1ccc2c(c1)CCNC2. The van der Waals surface area contributed by atoms with Gasteiger partial charge in [-0.3, -0.25) is 0 Å². The Kier molecular flexibility index (Phi) is 2.17. The zero-order valence-electron chi connectivity index (χ0n) is 7.20. The number of hydrogen-bond donors (Lipinski definition) is 1. The maximum Gasteiger partial charge on any atom is 0.0378 e. The minimum absolute atomic E-state index is 0.711. The van der Waals surface area contributed by atoms with E-state index in [0.29, 0.717) is 5.69 Å². The molecule has 0 aromatic heterocycles. The summed E-state index contributed by atoms with van der Waals surface area (Å²) < 4.78 is 0. The summed E-state index contributed by atoms with van der Waals surface area (Å²) in [6, 6.07) is 5.84. The third-order valence-corrected chi connectivity index (χ3v) is 2.24. The largest absolute Gasteiger partial charge is 0.312 e. The minimum atomic E-state index is 0.711. The van der Waals surface area contributed by atoms with Crippen LogP contribution in [0.25, 0.3) is 10.4 Å². The summed E-state index contributed by atoms with van der Waals surface area (Å²) in [4.78, 5) is 2.76. The first-order valence-corrected chi connectivity index (χ1v) is 4.28. The van der Waals surface area contributed by atoms with Gasteiger partial charge in [0.1, 0.15) is 0 Å². The number of fused-ring (bicyclic) bond motifs is 1. The Bertz CT molecular complexity index is 366. The van der Waals surface area contributed by atoms with Crippen molar-refractivity contribution in [2.45, 2.75) is 13.0 Å². The van der Waals surface area contributed by atoms with Crippen molar-refractivity contribution in [1.29, 1.82) is 0 Å². The van der Waals surface area contributed by atoms with E-state index in [1.807, 2.05) is 18.2 Å². The molecule has 1 N–H and O–H groups in total. The Hall–Kier alpha value is -1.51. The Morgan fingerprint density at radius 3 is 3.15 bits per heavy atom. The molecule has 1 aliphatic rings. The Morgan fingerprint density at radius 1 is 1.38 bits per heavy atom. The maximum atomic E-state index is 8.27. The fraction of sp³-hybridized carbons (Fsp3) is 0.333. The standard InChI is InChI=1S/C9H10N4/c10-13-12-9-2-1-8-6-11-4-3-7(8)5-9/h1-2,5,11H,3-4,6H2. The summed E-state index contributed by atoms with van der Waals surface area (Å²) in [5.41, 5.74) is 11.6. The topological polar surface area (TPSA) is 60.8 Å². The summed E-state index contributed by atoms with van der Waals surface area (Å²) in [5, 5.41) is 6.86. The first kappa shape index (κ1) is 8.10.